The number of carbonyl (C=O) groups excluding carboxylic acids is 2. The van der Waals surface area contributed by atoms with Crippen LogP contribution in [0.5, 0.6) is 5.75 Å². The lowest BCUT2D eigenvalue weighted by molar-refractivity contribution is -0.129. The molecule has 338 valence electrons. The summed E-state index contributed by atoms with van der Waals surface area (Å²) in [5.41, 5.74) is 1.50. The van der Waals surface area contributed by atoms with Crippen molar-refractivity contribution in [2.75, 3.05) is 52.9 Å². The molecule has 0 aromatic heterocycles. The van der Waals surface area contributed by atoms with Crippen LogP contribution in [0.2, 0.25) is 0 Å². The zero-order valence-electron chi connectivity index (χ0n) is 40.5. The number of phenols is 1. The average molecular weight is 816 g/mol. The predicted molar refractivity (Wildman–Crippen MR) is 248 cm³/mol. The maximum Gasteiger partial charge on any atom is 0.225 e. The van der Waals surface area contributed by atoms with E-state index in [1.54, 1.807) is 24.3 Å². The number of benzene rings is 1. The summed E-state index contributed by atoms with van der Waals surface area (Å²) in [6, 6.07) is 7.20. The monoisotopic (exact) mass is 816 g/mol. The van der Waals surface area contributed by atoms with Gasteiger partial charge in [-0.15, -0.1) is 0 Å². The molecule has 2 atom stereocenters. The second kappa shape index (κ2) is 26.7. The van der Waals surface area contributed by atoms with E-state index in [0.29, 0.717) is 23.4 Å². The van der Waals surface area contributed by atoms with E-state index in [9.17, 15) is 14.7 Å². The summed E-state index contributed by atoms with van der Waals surface area (Å²) < 4.78 is 0. The number of piperidine rings is 3. The minimum absolute atomic E-state index is 0.00541. The van der Waals surface area contributed by atoms with Crippen LogP contribution in [0, 0.1) is 38.9 Å². The van der Waals surface area contributed by atoms with E-state index in [2.05, 4.69) is 95.5 Å². The number of likely N-dealkylation sites (tertiary alicyclic amines) is 1. The number of aromatic hydroxyl groups is 1. The Balaban J connectivity index is 0.000000711. The molecule has 3 fully saturated rings. The number of hydrogen-bond donors (Lipinski definition) is 6. The molecule has 9 heteroatoms. The molecule has 3 heterocycles. The fraction of sp³-hybridized carbons (Fsp3) is 0.796. The van der Waals surface area contributed by atoms with Crippen molar-refractivity contribution in [2.24, 2.45) is 38.9 Å². The topological polar surface area (TPSA) is 126 Å². The van der Waals surface area contributed by atoms with Gasteiger partial charge in [0.05, 0.1) is 6.61 Å². The number of aliphatic hydroxyl groups excluding tert-OH is 1. The summed E-state index contributed by atoms with van der Waals surface area (Å²) in [5.74, 6) is 2.26. The van der Waals surface area contributed by atoms with Gasteiger partial charge in [0.2, 0.25) is 11.8 Å². The first kappa shape index (κ1) is 55.5. The van der Waals surface area contributed by atoms with Gasteiger partial charge in [-0.2, -0.15) is 0 Å². The Morgan fingerprint density at radius 1 is 0.793 bits per heavy atom. The van der Waals surface area contributed by atoms with Gasteiger partial charge in [-0.25, -0.2) is 0 Å². The van der Waals surface area contributed by atoms with Crippen LogP contribution >= 0.6 is 0 Å². The number of phenolic OH excluding ortho intramolecular Hbond substituents is 1. The Morgan fingerprint density at radius 3 is 1.72 bits per heavy atom. The molecule has 3 aliphatic rings. The second-order valence-corrected chi connectivity index (χ2v) is 22.2. The summed E-state index contributed by atoms with van der Waals surface area (Å²) in [4.78, 5) is 25.6. The van der Waals surface area contributed by atoms with Gasteiger partial charge in [-0.05, 0) is 130 Å². The number of hydrogen-bond acceptors (Lipinski definition) is 7. The molecular formula is C49H93N5O4. The molecule has 4 rings (SSSR count). The minimum Gasteiger partial charge on any atom is -0.508 e. The Labute approximate surface area is 357 Å². The van der Waals surface area contributed by atoms with Crippen LogP contribution in [-0.4, -0.2) is 85.9 Å². The molecule has 9 nitrogen and oxygen atoms in total. The highest BCUT2D eigenvalue weighted by molar-refractivity contribution is 5.81. The third-order valence-electron chi connectivity index (χ3n) is 10.3. The van der Waals surface area contributed by atoms with Crippen LogP contribution in [0.1, 0.15) is 154 Å². The number of nitrogens with zero attached hydrogens (tertiary/aromatic N) is 1. The number of rotatable bonds is 5. The molecule has 3 aliphatic heterocycles. The van der Waals surface area contributed by atoms with E-state index < -0.39 is 0 Å². The van der Waals surface area contributed by atoms with E-state index in [-0.39, 0.29) is 40.4 Å². The Hall–Kier alpha value is -2.46. The SMILES string of the molecule is CC(C)(C)/C=C/CO.CC(C)(C)C(=O)NC1CCCNC1.CC(C)(C)C(=O)NCc1cccc(O)c1.CC(C)(C)C1CCCNC1.CN1CCC(CC(C)(C)C)CC1. The average Bonchev–Trinajstić information content (AvgIpc) is 3.11. The summed E-state index contributed by atoms with van der Waals surface area (Å²) in [6.45, 7) is 39.5. The minimum atomic E-state index is -0.378. The van der Waals surface area contributed by atoms with Crippen molar-refractivity contribution in [3.05, 3.63) is 42.0 Å². The van der Waals surface area contributed by atoms with Crippen LogP contribution in [0.4, 0.5) is 0 Å². The standard InChI is InChI=1S/C12H17NO2.C11H23N.C10H20N2O.C9H19N.C7H14O/c1-12(2,3)11(15)13-8-9-5-4-6-10(14)7-9;1-11(2,3)9-10-5-7-12(4)8-6-10;1-10(2,3)9(13)12-8-5-4-6-11-7-8;1-9(2,3)8-5-4-6-10-7-8;1-7(2,3)5-4-6-8/h4-7,14H,8H2,1-3H3,(H,13,15);10H,5-9H2,1-4H3;8,11H,4-7H2,1-3H3,(H,12,13);8,10H,4-7H2,1-3H3;4-5,8H,6H2,1-3H3/b;;;;5-4+. The highest BCUT2D eigenvalue weighted by Crippen LogP contribution is 2.31. The summed E-state index contributed by atoms with van der Waals surface area (Å²) in [5, 5.41) is 30.2. The molecule has 3 saturated heterocycles. The van der Waals surface area contributed by atoms with Gasteiger partial charge in [-0.1, -0.05) is 128 Å². The smallest absolute Gasteiger partial charge is 0.225 e. The van der Waals surface area contributed by atoms with Gasteiger partial charge in [0.1, 0.15) is 5.75 Å². The highest BCUT2D eigenvalue weighted by atomic mass is 16.3. The largest absolute Gasteiger partial charge is 0.508 e. The molecule has 0 aliphatic carbocycles. The molecule has 1 aromatic rings. The maximum absolute atomic E-state index is 11.6. The lowest BCUT2D eigenvalue weighted by Gasteiger charge is -2.34. The van der Waals surface area contributed by atoms with E-state index in [4.69, 9.17) is 5.11 Å². The van der Waals surface area contributed by atoms with Crippen molar-refractivity contribution >= 4 is 11.8 Å². The van der Waals surface area contributed by atoms with Gasteiger partial charge in [0.15, 0.2) is 0 Å². The zero-order valence-corrected chi connectivity index (χ0v) is 40.5. The van der Waals surface area contributed by atoms with E-state index in [1.165, 1.54) is 58.3 Å². The van der Waals surface area contributed by atoms with Crippen LogP contribution < -0.4 is 21.3 Å². The first-order chi connectivity index (χ1) is 26.5. The molecule has 58 heavy (non-hydrogen) atoms. The van der Waals surface area contributed by atoms with Crippen molar-refractivity contribution in [1.29, 1.82) is 0 Å². The third-order valence-corrected chi connectivity index (χ3v) is 10.3. The normalized spacial score (nSPS) is 19.7. The fourth-order valence-corrected chi connectivity index (χ4v) is 6.62. The van der Waals surface area contributed by atoms with Crippen molar-refractivity contribution in [3.63, 3.8) is 0 Å². The van der Waals surface area contributed by atoms with Crippen molar-refractivity contribution in [2.45, 2.75) is 161 Å². The molecule has 2 amide bonds. The molecule has 6 N–H and O–H groups in total. The van der Waals surface area contributed by atoms with Gasteiger partial charge in [0, 0.05) is 30.0 Å². The quantitative estimate of drug-likeness (QED) is 0.164. The second-order valence-electron chi connectivity index (χ2n) is 22.2. The van der Waals surface area contributed by atoms with Gasteiger partial charge in [0.25, 0.3) is 0 Å². The molecule has 2 unspecified atom stereocenters. The molecule has 0 bridgehead atoms. The first-order valence-corrected chi connectivity index (χ1v) is 22.3. The Morgan fingerprint density at radius 2 is 1.34 bits per heavy atom. The van der Waals surface area contributed by atoms with Crippen LogP contribution in [0.25, 0.3) is 0 Å². The Kier molecular flexibility index (Phi) is 25.6. The summed E-state index contributed by atoms with van der Waals surface area (Å²) in [7, 11) is 2.23. The number of allylic oxidation sites excluding steroid dienone is 1. The maximum atomic E-state index is 11.6. The summed E-state index contributed by atoms with van der Waals surface area (Å²) in [6.07, 6.45) is 13.0. The lowest BCUT2D eigenvalue weighted by Crippen LogP contribution is -2.48. The molecule has 0 spiro atoms. The molecular weight excluding hydrogens is 723 g/mol. The number of carbonyl (C=O) groups is 2. The lowest BCUT2D eigenvalue weighted by atomic mass is 9.77. The van der Waals surface area contributed by atoms with E-state index in [1.807, 2.05) is 53.7 Å². The van der Waals surface area contributed by atoms with Crippen molar-refractivity contribution in [3.8, 4) is 5.75 Å². The van der Waals surface area contributed by atoms with Crippen LogP contribution in [0.15, 0.2) is 36.4 Å². The molecule has 0 saturated carbocycles. The first-order valence-electron chi connectivity index (χ1n) is 22.3. The number of amides is 2. The summed E-state index contributed by atoms with van der Waals surface area (Å²) >= 11 is 0. The molecule has 0 radical (unpaired) electrons. The van der Waals surface area contributed by atoms with E-state index in [0.717, 1.165) is 43.3 Å². The number of nitrogens with one attached hydrogen (secondary N) is 4. The van der Waals surface area contributed by atoms with Gasteiger partial charge >= 0.3 is 0 Å². The third kappa shape index (κ3) is 29.7. The molecule has 1 aromatic carbocycles. The van der Waals surface area contributed by atoms with Crippen LogP contribution in [0.3, 0.4) is 0 Å². The highest BCUT2D eigenvalue weighted by Gasteiger charge is 2.26. The van der Waals surface area contributed by atoms with Crippen molar-refractivity contribution in [1.82, 2.24) is 26.2 Å². The van der Waals surface area contributed by atoms with Crippen LogP contribution in [-0.2, 0) is 16.1 Å². The van der Waals surface area contributed by atoms with Gasteiger partial charge < -0.3 is 36.4 Å². The Bertz CT molecular complexity index is 1270. The predicted octanol–water partition coefficient (Wildman–Crippen LogP) is 9.33. The number of aliphatic hydroxyl groups is 1. The fourth-order valence-electron chi connectivity index (χ4n) is 6.62. The zero-order chi connectivity index (χ0) is 44.8. The van der Waals surface area contributed by atoms with Gasteiger partial charge in [-0.3, -0.25) is 9.59 Å². The van der Waals surface area contributed by atoms with E-state index >= 15 is 0 Å². The van der Waals surface area contributed by atoms with Crippen molar-refractivity contribution < 1.29 is 19.8 Å².